The SMILES string of the molecule is Cc1cccc(NC(=O)NC(=O)CSc2nnnn2-c2ccc(Cl)cc2)c1C. The highest BCUT2D eigenvalue weighted by Gasteiger charge is 2.14. The fourth-order valence-corrected chi connectivity index (χ4v) is 3.16. The van der Waals surface area contributed by atoms with E-state index in [2.05, 4.69) is 26.2 Å². The summed E-state index contributed by atoms with van der Waals surface area (Å²) in [4.78, 5) is 24.2. The van der Waals surface area contributed by atoms with E-state index in [1.54, 1.807) is 30.3 Å². The fraction of sp³-hybridized carbons (Fsp3) is 0.167. The molecule has 0 saturated carbocycles. The van der Waals surface area contributed by atoms with Crippen LogP contribution in [-0.4, -0.2) is 37.9 Å². The highest BCUT2D eigenvalue weighted by molar-refractivity contribution is 7.99. The number of benzene rings is 2. The molecule has 1 aromatic heterocycles. The number of aromatic nitrogens is 4. The van der Waals surface area contributed by atoms with Gasteiger partial charge >= 0.3 is 6.03 Å². The third kappa shape index (κ3) is 4.87. The normalized spacial score (nSPS) is 10.5. The van der Waals surface area contributed by atoms with Gasteiger partial charge in [0, 0.05) is 10.7 Å². The zero-order valence-corrected chi connectivity index (χ0v) is 16.7. The van der Waals surface area contributed by atoms with Crippen molar-refractivity contribution in [3.05, 3.63) is 58.6 Å². The number of thioether (sulfide) groups is 1. The fourth-order valence-electron chi connectivity index (χ4n) is 2.35. The maximum absolute atomic E-state index is 12.1. The quantitative estimate of drug-likeness (QED) is 0.618. The van der Waals surface area contributed by atoms with Gasteiger partial charge in [0.15, 0.2) is 0 Å². The molecule has 8 nitrogen and oxygen atoms in total. The van der Waals surface area contributed by atoms with Crippen LogP contribution in [0.4, 0.5) is 10.5 Å². The third-order valence-corrected chi connectivity index (χ3v) is 5.12. The highest BCUT2D eigenvalue weighted by atomic mass is 35.5. The monoisotopic (exact) mass is 416 g/mol. The largest absolute Gasteiger partial charge is 0.325 e. The topological polar surface area (TPSA) is 102 Å². The second-order valence-electron chi connectivity index (χ2n) is 5.89. The number of imide groups is 1. The van der Waals surface area contributed by atoms with Crippen molar-refractivity contribution >= 4 is 41.0 Å². The van der Waals surface area contributed by atoms with Gasteiger partial charge in [0.1, 0.15) is 0 Å². The third-order valence-electron chi connectivity index (χ3n) is 3.95. The minimum Gasteiger partial charge on any atom is -0.307 e. The van der Waals surface area contributed by atoms with E-state index in [4.69, 9.17) is 11.6 Å². The van der Waals surface area contributed by atoms with Gasteiger partial charge in [-0.05, 0) is 65.7 Å². The van der Waals surface area contributed by atoms with Crippen molar-refractivity contribution in [2.45, 2.75) is 19.0 Å². The van der Waals surface area contributed by atoms with Crippen molar-refractivity contribution in [2.75, 3.05) is 11.1 Å². The summed E-state index contributed by atoms with van der Waals surface area (Å²) < 4.78 is 1.49. The Morgan fingerprint density at radius 1 is 1.14 bits per heavy atom. The zero-order valence-electron chi connectivity index (χ0n) is 15.1. The number of anilines is 1. The molecule has 0 saturated heterocycles. The molecule has 1 heterocycles. The molecule has 0 atom stereocenters. The molecule has 28 heavy (non-hydrogen) atoms. The Kier molecular flexibility index (Phi) is 6.27. The van der Waals surface area contributed by atoms with Gasteiger partial charge in [0.2, 0.25) is 11.1 Å². The van der Waals surface area contributed by atoms with Crippen molar-refractivity contribution in [3.8, 4) is 5.69 Å². The van der Waals surface area contributed by atoms with Crippen LogP contribution in [0, 0.1) is 13.8 Å². The first-order valence-electron chi connectivity index (χ1n) is 8.28. The molecule has 10 heteroatoms. The summed E-state index contributed by atoms with van der Waals surface area (Å²) in [6.45, 7) is 3.85. The standard InChI is InChI=1S/C18H17ClN6O2S/c1-11-4-3-5-15(12(11)2)20-17(27)21-16(26)10-28-18-22-23-24-25(18)14-8-6-13(19)7-9-14/h3-9H,10H2,1-2H3,(H2,20,21,26,27). The number of nitrogens with one attached hydrogen (secondary N) is 2. The molecular weight excluding hydrogens is 400 g/mol. The van der Waals surface area contributed by atoms with Crippen LogP contribution in [0.3, 0.4) is 0 Å². The predicted octanol–water partition coefficient (Wildman–Crippen LogP) is 3.37. The second kappa shape index (κ2) is 8.85. The number of tetrazole rings is 1. The van der Waals surface area contributed by atoms with Crippen LogP contribution >= 0.6 is 23.4 Å². The van der Waals surface area contributed by atoms with E-state index in [1.807, 2.05) is 26.0 Å². The molecular formula is C18H17ClN6O2S. The number of urea groups is 1. The number of rotatable bonds is 5. The number of halogens is 1. The molecule has 0 aliphatic carbocycles. The summed E-state index contributed by atoms with van der Waals surface area (Å²) in [5.41, 5.74) is 3.37. The van der Waals surface area contributed by atoms with Gasteiger partial charge in [-0.15, -0.1) is 5.10 Å². The van der Waals surface area contributed by atoms with Gasteiger partial charge in [0.25, 0.3) is 0 Å². The zero-order chi connectivity index (χ0) is 20.1. The van der Waals surface area contributed by atoms with Crippen LogP contribution in [0.5, 0.6) is 0 Å². The highest BCUT2D eigenvalue weighted by Crippen LogP contribution is 2.20. The smallest absolute Gasteiger partial charge is 0.307 e. The van der Waals surface area contributed by atoms with Crippen LogP contribution in [0.15, 0.2) is 47.6 Å². The Hall–Kier alpha value is -2.91. The molecule has 3 amide bonds. The first kappa shape index (κ1) is 19.8. The van der Waals surface area contributed by atoms with E-state index in [0.29, 0.717) is 21.6 Å². The van der Waals surface area contributed by atoms with Crippen LogP contribution < -0.4 is 10.6 Å². The van der Waals surface area contributed by atoms with E-state index in [0.717, 1.165) is 22.9 Å². The summed E-state index contributed by atoms with van der Waals surface area (Å²) in [6, 6.07) is 11.9. The van der Waals surface area contributed by atoms with Crippen LogP contribution in [0.25, 0.3) is 5.69 Å². The maximum atomic E-state index is 12.1. The summed E-state index contributed by atoms with van der Waals surface area (Å²) in [5.74, 6) is -0.479. The minimum absolute atomic E-state index is 0.0197. The molecule has 0 aliphatic heterocycles. The second-order valence-corrected chi connectivity index (χ2v) is 7.27. The Morgan fingerprint density at radius 3 is 2.64 bits per heavy atom. The van der Waals surface area contributed by atoms with Gasteiger partial charge in [0.05, 0.1) is 11.4 Å². The number of hydrogen-bond donors (Lipinski definition) is 2. The Balaban J connectivity index is 1.56. The number of carbonyl (C=O) groups excluding carboxylic acids is 2. The lowest BCUT2D eigenvalue weighted by atomic mass is 10.1. The molecule has 3 rings (SSSR count). The predicted molar refractivity (Wildman–Crippen MR) is 108 cm³/mol. The first-order valence-corrected chi connectivity index (χ1v) is 9.64. The lowest BCUT2D eigenvalue weighted by molar-refractivity contribution is -0.117. The van der Waals surface area contributed by atoms with Crippen LogP contribution in [0.1, 0.15) is 11.1 Å². The maximum Gasteiger partial charge on any atom is 0.325 e. The number of hydrogen-bond acceptors (Lipinski definition) is 6. The number of nitrogens with zero attached hydrogens (tertiary/aromatic N) is 4. The van der Waals surface area contributed by atoms with E-state index in [1.165, 1.54) is 4.68 Å². The lowest BCUT2D eigenvalue weighted by Crippen LogP contribution is -2.35. The van der Waals surface area contributed by atoms with Crippen molar-refractivity contribution in [2.24, 2.45) is 0 Å². The molecule has 0 bridgehead atoms. The summed E-state index contributed by atoms with van der Waals surface area (Å²) in [7, 11) is 0. The van der Waals surface area contributed by atoms with Crippen LogP contribution in [-0.2, 0) is 4.79 Å². The summed E-state index contributed by atoms with van der Waals surface area (Å²) >= 11 is 7.00. The Bertz CT molecular complexity index is 1010. The van der Waals surface area contributed by atoms with Gasteiger partial charge in [-0.1, -0.05) is 35.5 Å². The van der Waals surface area contributed by atoms with Crippen molar-refractivity contribution in [1.82, 2.24) is 25.5 Å². The van der Waals surface area contributed by atoms with E-state index in [9.17, 15) is 9.59 Å². The molecule has 0 spiro atoms. The average Bonchev–Trinajstić information content (AvgIpc) is 3.13. The van der Waals surface area contributed by atoms with Crippen molar-refractivity contribution in [3.63, 3.8) is 0 Å². The molecule has 2 aromatic carbocycles. The Morgan fingerprint density at radius 2 is 1.89 bits per heavy atom. The van der Waals surface area contributed by atoms with E-state index < -0.39 is 11.9 Å². The van der Waals surface area contributed by atoms with E-state index in [-0.39, 0.29) is 5.75 Å². The summed E-state index contributed by atoms with van der Waals surface area (Å²) in [6.07, 6.45) is 0. The van der Waals surface area contributed by atoms with E-state index >= 15 is 0 Å². The molecule has 0 unspecified atom stereocenters. The van der Waals surface area contributed by atoms with Crippen molar-refractivity contribution in [1.29, 1.82) is 0 Å². The van der Waals surface area contributed by atoms with Gasteiger partial charge in [-0.2, -0.15) is 4.68 Å². The molecule has 0 radical (unpaired) electrons. The molecule has 0 fully saturated rings. The lowest BCUT2D eigenvalue weighted by Gasteiger charge is -2.10. The number of carbonyl (C=O) groups is 2. The van der Waals surface area contributed by atoms with Gasteiger partial charge in [-0.3, -0.25) is 10.1 Å². The molecule has 2 N–H and O–H groups in total. The van der Waals surface area contributed by atoms with Crippen LogP contribution in [0.2, 0.25) is 5.02 Å². The molecule has 144 valence electrons. The van der Waals surface area contributed by atoms with Gasteiger partial charge in [-0.25, -0.2) is 4.79 Å². The number of amides is 3. The minimum atomic E-state index is -0.586. The van der Waals surface area contributed by atoms with Crippen molar-refractivity contribution < 1.29 is 9.59 Å². The van der Waals surface area contributed by atoms with Gasteiger partial charge < -0.3 is 5.32 Å². The average molecular weight is 417 g/mol. The first-order chi connectivity index (χ1) is 13.4. The molecule has 0 aliphatic rings. The number of aryl methyl sites for hydroxylation is 1. The molecule has 3 aromatic rings. The Labute approximate surface area is 170 Å². The summed E-state index contributed by atoms with van der Waals surface area (Å²) in [5, 5.41) is 17.4.